The Balaban J connectivity index is 2.08. The predicted molar refractivity (Wildman–Crippen MR) is 118 cm³/mol. The van der Waals surface area contributed by atoms with Crippen LogP contribution in [-0.2, 0) is 4.79 Å². The normalized spacial score (nSPS) is 13.2. The van der Waals surface area contributed by atoms with Gasteiger partial charge in [0.05, 0.1) is 6.04 Å². The van der Waals surface area contributed by atoms with Crippen LogP contribution in [0.3, 0.4) is 0 Å². The summed E-state index contributed by atoms with van der Waals surface area (Å²) in [5.74, 6) is -0.0822. The summed E-state index contributed by atoms with van der Waals surface area (Å²) in [6.07, 6.45) is 0.585. The van der Waals surface area contributed by atoms with E-state index in [2.05, 4.69) is 27.7 Å². The van der Waals surface area contributed by atoms with Crippen LogP contribution in [0.2, 0.25) is 0 Å². The highest BCUT2D eigenvalue weighted by Crippen LogP contribution is 2.17. The minimum Gasteiger partial charge on any atom is -0.352 e. The average Bonchev–Trinajstić information content (AvgIpc) is 2.68. The third-order valence-electron chi connectivity index (χ3n) is 5.00. The second kappa shape index (κ2) is 10.8. The molecule has 5 heteroatoms. The maximum Gasteiger partial charge on any atom is 0.252 e. The Bertz CT molecular complexity index is 803. The molecule has 0 fully saturated rings. The molecule has 0 radical (unpaired) electrons. The van der Waals surface area contributed by atoms with Crippen LogP contribution >= 0.6 is 0 Å². The van der Waals surface area contributed by atoms with Crippen LogP contribution in [0, 0.1) is 12.8 Å². The van der Waals surface area contributed by atoms with E-state index in [0.717, 1.165) is 11.1 Å². The van der Waals surface area contributed by atoms with Crippen molar-refractivity contribution in [2.75, 3.05) is 20.6 Å². The number of aryl methyl sites for hydroxylation is 1. The van der Waals surface area contributed by atoms with Crippen LogP contribution in [0.1, 0.15) is 47.8 Å². The summed E-state index contributed by atoms with van der Waals surface area (Å²) in [6, 6.07) is 17.0. The summed E-state index contributed by atoms with van der Waals surface area (Å²) in [7, 11) is 3.99. The van der Waals surface area contributed by atoms with E-state index >= 15 is 0 Å². The zero-order valence-corrected chi connectivity index (χ0v) is 18.1. The zero-order valence-electron chi connectivity index (χ0n) is 18.1. The molecule has 0 aliphatic heterocycles. The Labute approximate surface area is 174 Å². The lowest BCUT2D eigenvalue weighted by Gasteiger charge is -2.27. The monoisotopic (exact) mass is 395 g/mol. The molecule has 0 aromatic heterocycles. The minimum atomic E-state index is -0.569. The summed E-state index contributed by atoms with van der Waals surface area (Å²) < 4.78 is 0. The lowest BCUT2D eigenvalue weighted by Crippen LogP contribution is -2.49. The Hall–Kier alpha value is -2.66. The highest BCUT2D eigenvalue weighted by Gasteiger charge is 2.24. The van der Waals surface area contributed by atoms with Crippen molar-refractivity contribution in [3.05, 3.63) is 71.3 Å². The standard InChI is InChI=1S/C24H33N3O2/c1-17(2)15-21(26-23(28)20-14-10-9-11-18(20)3)24(29)25-16-22(27(4)5)19-12-7-6-8-13-19/h6-14,17,21-22H,15-16H2,1-5H3,(H,25,29)(H,26,28). The van der Waals surface area contributed by atoms with Gasteiger partial charge in [-0.05, 0) is 50.6 Å². The molecule has 0 heterocycles. The number of hydrogen-bond donors (Lipinski definition) is 2. The van der Waals surface area contributed by atoms with Crippen LogP contribution in [0.5, 0.6) is 0 Å². The second-order valence-corrected chi connectivity index (χ2v) is 8.11. The predicted octanol–water partition coefficient (Wildman–Crippen LogP) is 3.56. The molecule has 0 aliphatic rings. The number of benzene rings is 2. The Morgan fingerprint density at radius 1 is 0.966 bits per heavy atom. The number of hydrogen-bond acceptors (Lipinski definition) is 3. The third kappa shape index (κ3) is 6.71. The van der Waals surface area contributed by atoms with Crippen molar-refractivity contribution in [3.63, 3.8) is 0 Å². The molecule has 156 valence electrons. The minimum absolute atomic E-state index is 0.0620. The van der Waals surface area contributed by atoms with Crippen molar-refractivity contribution in [3.8, 4) is 0 Å². The maximum absolute atomic E-state index is 12.9. The molecular formula is C24H33N3O2. The SMILES string of the molecule is Cc1ccccc1C(=O)NC(CC(C)C)C(=O)NCC(c1ccccc1)N(C)C. The van der Waals surface area contributed by atoms with E-state index in [-0.39, 0.29) is 23.8 Å². The first-order chi connectivity index (χ1) is 13.8. The molecule has 2 amide bonds. The fourth-order valence-electron chi connectivity index (χ4n) is 3.36. The number of amides is 2. The Morgan fingerprint density at radius 3 is 2.17 bits per heavy atom. The van der Waals surface area contributed by atoms with E-state index in [1.807, 2.05) is 71.3 Å². The highest BCUT2D eigenvalue weighted by molar-refractivity contribution is 5.98. The summed E-state index contributed by atoms with van der Waals surface area (Å²) in [5, 5.41) is 5.98. The molecular weight excluding hydrogens is 362 g/mol. The summed E-state index contributed by atoms with van der Waals surface area (Å²) in [5.41, 5.74) is 2.64. The van der Waals surface area contributed by atoms with Crippen molar-refractivity contribution in [1.29, 1.82) is 0 Å². The Morgan fingerprint density at radius 2 is 1.59 bits per heavy atom. The smallest absolute Gasteiger partial charge is 0.252 e. The van der Waals surface area contributed by atoms with Crippen LogP contribution in [0.15, 0.2) is 54.6 Å². The van der Waals surface area contributed by atoms with Gasteiger partial charge in [-0.3, -0.25) is 9.59 Å². The number of nitrogens with one attached hydrogen (secondary N) is 2. The quantitative estimate of drug-likeness (QED) is 0.682. The molecule has 0 aliphatic carbocycles. The van der Waals surface area contributed by atoms with E-state index in [9.17, 15) is 9.59 Å². The first kappa shape index (κ1) is 22.6. The van der Waals surface area contributed by atoms with Crippen molar-refractivity contribution >= 4 is 11.8 Å². The molecule has 0 spiro atoms. The fraction of sp³-hybridized carbons (Fsp3) is 0.417. The number of likely N-dealkylation sites (N-methyl/N-ethyl adjacent to an activating group) is 1. The zero-order chi connectivity index (χ0) is 21.4. The van der Waals surface area contributed by atoms with Crippen LogP contribution < -0.4 is 10.6 Å². The molecule has 2 N–H and O–H groups in total. The molecule has 0 saturated heterocycles. The summed E-state index contributed by atoms with van der Waals surface area (Å²) >= 11 is 0. The topological polar surface area (TPSA) is 61.4 Å². The van der Waals surface area contributed by atoms with Gasteiger partial charge in [0.15, 0.2) is 0 Å². The molecule has 2 aromatic rings. The molecule has 2 rings (SSSR count). The van der Waals surface area contributed by atoms with Gasteiger partial charge in [-0.25, -0.2) is 0 Å². The van der Waals surface area contributed by atoms with Gasteiger partial charge >= 0.3 is 0 Å². The molecule has 0 saturated carbocycles. The summed E-state index contributed by atoms with van der Waals surface area (Å²) in [6.45, 7) is 6.47. The van der Waals surface area contributed by atoms with Gasteiger partial charge in [-0.2, -0.15) is 0 Å². The van der Waals surface area contributed by atoms with E-state index in [0.29, 0.717) is 18.5 Å². The molecule has 5 nitrogen and oxygen atoms in total. The third-order valence-corrected chi connectivity index (χ3v) is 5.00. The Kier molecular flexibility index (Phi) is 8.40. The van der Waals surface area contributed by atoms with E-state index in [1.54, 1.807) is 6.07 Å². The van der Waals surface area contributed by atoms with Gasteiger partial charge in [0.25, 0.3) is 5.91 Å². The molecule has 2 aromatic carbocycles. The molecule has 0 bridgehead atoms. The number of nitrogens with zero attached hydrogens (tertiary/aromatic N) is 1. The number of rotatable bonds is 9. The summed E-state index contributed by atoms with van der Waals surface area (Å²) in [4.78, 5) is 27.8. The van der Waals surface area contributed by atoms with Crippen LogP contribution in [-0.4, -0.2) is 43.4 Å². The molecule has 2 unspecified atom stereocenters. The van der Waals surface area contributed by atoms with Crippen molar-refractivity contribution < 1.29 is 9.59 Å². The van der Waals surface area contributed by atoms with Crippen molar-refractivity contribution in [1.82, 2.24) is 15.5 Å². The van der Waals surface area contributed by atoms with E-state index < -0.39 is 6.04 Å². The van der Waals surface area contributed by atoms with E-state index in [1.165, 1.54) is 0 Å². The average molecular weight is 396 g/mol. The fourth-order valence-corrected chi connectivity index (χ4v) is 3.36. The molecule has 2 atom stereocenters. The lowest BCUT2D eigenvalue weighted by atomic mass is 10.0. The van der Waals surface area contributed by atoms with Crippen LogP contribution in [0.25, 0.3) is 0 Å². The van der Waals surface area contributed by atoms with Gasteiger partial charge in [-0.15, -0.1) is 0 Å². The van der Waals surface area contributed by atoms with Gasteiger partial charge < -0.3 is 15.5 Å². The number of carbonyl (C=O) groups excluding carboxylic acids is 2. The highest BCUT2D eigenvalue weighted by atomic mass is 16.2. The van der Waals surface area contributed by atoms with Crippen molar-refractivity contribution in [2.45, 2.75) is 39.3 Å². The van der Waals surface area contributed by atoms with Gasteiger partial charge in [-0.1, -0.05) is 62.4 Å². The lowest BCUT2D eigenvalue weighted by molar-refractivity contribution is -0.123. The first-order valence-electron chi connectivity index (χ1n) is 10.1. The van der Waals surface area contributed by atoms with Gasteiger partial charge in [0, 0.05) is 12.1 Å². The van der Waals surface area contributed by atoms with Crippen molar-refractivity contribution in [2.24, 2.45) is 5.92 Å². The largest absolute Gasteiger partial charge is 0.352 e. The first-order valence-corrected chi connectivity index (χ1v) is 10.1. The van der Waals surface area contributed by atoms with Crippen LogP contribution in [0.4, 0.5) is 0 Å². The van der Waals surface area contributed by atoms with Gasteiger partial charge in [0.2, 0.25) is 5.91 Å². The van der Waals surface area contributed by atoms with Gasteiger partial charge in [0.1, 0.15) is 6.04 Å². The second-order valence-electron chi connectivity index (χ2n) is 8.11. The molecule has 29 heavy (non-hydrogen) atoms. The maximum atomic E-state index is 12.9. The number of carbonyl (C=O) groups is 2. The van der Waals surface area contributed by atoms with E-state index in [4.69, 9.17) is 0 Å².